The lowest BCUT2D eigenvalue weighted by atomic mass is 9.73. The van der Waals surface area contributed by atoms with Crippen LogP contribution < -0.4 is 10.1 Å². The first kappa shape index (κ1) is 34.5. The molecule has 0 bridgehead atoms. The molecule has 2 aliphatic rings. The van der Waals surface area contributed by atoms with Gasteiger partial charge in [-0.3, -0.25) is 4.79 Å². The van der Waals surface area contributed by atoms with Gasteiger partial charge in [-0.1, -0.05) is 64.3 Å². The number of allylic oxidation sites excluding steroid dienone is 3. The Bertz CT molecular complexity index is 1200. The molecule has 3 rings (SSSR count). The second-order valence-electron chi connectivity index (χ2n) is 13.8. The van der Waals surface area contributed by atoms with E-state index >= 15 is 0 Å². The van der Waals surface area contributed by atoms with Crippen LogP contribution in [0.15, 0.2) is 40.9 Å². The smallest absolute Gasteiger partial charge is 0.253 e. The summed E-state index contributed by atoms with van der Waals surface area (Å²) in [4.78, 5) is 17.2. The second kappa shape index (κ2) is 14.2. The molecule has 0 spiro atoms. The van der Waals surface area contributed by atoms with Gasteiger partial charge in [-0.2, -0.15) is 0 Å². The van der Waals surface area contributed by atoms with E-state index in [9.17, 15) is 9.90 Å². The number of carbonyl (C=O) groups excluding carboxylic acids is 1. The van der Waals surface area contributed by atoms with E-state index in [0.717, 1.165) is 55.2 Å². The van der Waals surface area contributed by atoms with Crippen molar-refractivity contribution in [2.24, 2.45) is 16.8 Å². The van der Waals surface area contributed by atoms with Gasteiger partial charge in [0.15, 0.2) is 8.32 Å². The van der Waals surface area contributed by atoms with Gasteiger partial charge in [0.25, 0.3) is 5.23 Å². The SMILES string of the molecule is C=C(C)[C@@H]1CCC(C)=C[C@H]1c1c(O)cc(CCCCC)cc1OC(=NC)S[C@H]1NC(=O)[C@@H]1[C@@H](C)O[Si](C)(C)C(C)(C)C. The highest BCUT2D eigenvalue weighted by atomic mass is 32.2. The van der Waals surface area contributed by atoms with Gasteiger partial charge < -0.3 is 19.6 Å². The Hall–Kier alpha value is -2.03. The number of β-lactam (4-membered cyclic amide) rings is 1. The van der Waals surface area contributed by atoms with Crippen LogP contribution in [0, 0.1) is 11.8 Å². The Morgan fingerprint density at radius 2 is 1.98 bits per heavy atom. The largest absolute Gasteiger partial charge is 0.507 e. The number of nitrogens with one attached hydrogen (secondary N) is 1. The molecule has 5 atom stereocenters. The number of phenols is 1. The van der Waals surface area contributed by atoms with Crippen LogP contribution in [0.4, 0.5) is 0 Å². The number of unbranched alkanes of at least 4 members (excludes halogenated alkanes) is 2. The minimum absolute atomic E-state index is 0.00228. The first-order valence-electron chi connectivity index (χ1n) is 15.6. The number of aliphatic imine (C=N–C) groups is 1. The van der Waals surface area contributed by atoms with Gasteiger partial charge in [-0.25, -0.2) is 4.99 Å². The molecule has 1 aliphatic heterocycles. The summed E-state index contributed by atoms with van der Waals surface area (Å²) >= 11 is 1.41. The predicted octanol–water partition coefficient (Wildman–Crippen LogP) is 8.72. The van der Waals surface area contributed by atoms with Crippen LogP contribution >= 0.6 is 11.8 Å². The van der Waals surface area contributed by atoms with Gasteiger partial charge >= 0.3 is 0 Å². The summed E-state index contributed by atoms with van der Waals surface area (Å²) in [6.45, 7) is 23.8. The zero-order chi connectivity index (χ0) is 31.4. The molecule has 6 nitrogen and oxygen atoms in total. The highest BCUT2D eigenvalue weighted by Crippen LogP contribution is 2.48. The molecule has 1 aromatic carbocycles. The minimum Gasteiger partial charge on any atom is -0.507 e. The summed E-state index contributed by atoms with van der Waals surface area (Å²) in [7, 11) is -0.340. The lowest BCUT2D eigenvalue weighted by Gasteiger charge is -2.44. The summed E-state index contributed by atoms with van der Waals surface area (Å²) in [5.41, 5.74) is 4.25. The van der Waals surface area contributed by atoms with Crippen molar-refractivity contribution in [3.05, 3.63) is 47.1 Å². The number of carbonyl (C=O) groups is 1. The van der Waals surface area contributed by atoms with E-state index in [1.807, 2.05) is 13.0 Å². The number of benzene rings is 1. The third-order valence-electron chi connectivity index (χ3n) is 9.28. The average molecular weight is 615 g/mol. The second-order valence-corrected chi connectivity index (χ2v) is 19.6. The van der Waals surface area contributed by atoms with E-state index in [-0.39, 0.29) is 45.9 Å². The third-order valence-corrected chi connectivity index (χ3v) is 15.0. The minimum atomic E-state index is -2.05. The maximum Gasteiger partial charge on any atom is 0.253 e. The van der Waals surface area contributed by atoms with Crippen molar-refractivity contribution in [2.75, 3.05) is 7.05 Å². The first-order valence-corrected chi connectivity index (χ1v) is 19.4. The van der Waals surface area contributed by atoms with E-state index in [2.05, 4.69) is 83.7 Å². The zero-order valence-corrected chi connectivity index (χ0v) is 29.4. The summed E-state index contributed by atoms with van der Waals surface area (Å²) in [6, 6.07) is 3.98. The highest BCUT2D eigenvalue weighted by molar-refractivity contribution is 8.14. The van der Waals surface area contributed by atoms with Crippen molar-refractivity contribution in [1.29, 1.82) is 0 Å². The van der Waals surface area contributed by atoms with Crippen LogP contribution in [0.2, 0.25) is 18.1 Å². The molecular formula is C34H54N2O4SSi. The molecule has 1 aliphatic carbocycles. The molecule has 0 unspecified atom stereocenters. The predicted molar refractivity (Wildman–Crippen MR) is 180 cm³/mol. The van der Waals surface area contributed by atoms with Gasteiger partial charge in [-0.15, -0.1) is 0 Å². The Labute approximate surface area is 260 Å². The lowest BCUT2D eigenvalue weighted by molar-refractivity contribution is -0.136. The van der Waals surface area contributed by atoms with Gasteiger partial charge in [0, 0.05) is 18.5 Å². The monoisotopic (exact) mass is 614 g/mol. The number of aryl methyl sites for hydroxylation is 1. The number of amides is 1. The molecule has 1 amide bonds. The Morgan fingerprint density at radius 1 is 1.29 bits per heavy atom. The molecule has 1 heterocycles. The summed E-state index contributed by atoms with van der Waals surface area (Å²) < 4.78 is 13.2. The molecule has 8 heteroatoms. The first-order chi connectivity index (χ1) is 19.6. The van der Waals surface area contributed by atoms with Crippen LogP contribution in [0.1, 0.15) is 97.6 Å². The number of rotatable bonds is 11. The number of hydrogen-bond acceptors (Lipinski definition) is 6. The molecule has 1 aromatic rings. The molecule has 0 aromatic heterocycles. The Balaban J connectivity index is 1.91. The number of phenolic OH excluding ortho intramolecular Hbond substituents is 1. The molecule has 0 saturated carbocycles. The molecule has 42 heavy (non-hydrogen) atoms. The van der Waals surface area contributed by atoms with Gasteiger partial charge in [0.05, 0.1) is 17.4 Å². The van der Waals surface area contributed by atoms with Crippen LogP contribution in [-0.4, -0.2) is 43.1 Å². The summed E-state index contributed by atoms with van der Waals surface area (Å²) in [5, 5.41) is 14.8. The normalized spacial score (nSPS) is 24.0. The number of ether oxygens (including phenoxy) is 1. The fourth-order valence-corrected chi connectivity index (χ4v) is 8.24. The molecular weight excluding hydrogens is 561 g/mol. The van der Waals surface area contributed by atoms with Crippen molar-refractivity contribution in [3.8, 4) is 11.5 Å². The van der Waals surface area contributed by atoms with E-state index in [1.165, 1.54) is 17.3 Å². The van der Waals surface area contributed by atoms with Crippen LogP contribution in [0.5, 0.6) is 11.5 Å². The fraction of sp³-hybridized carbons (Fsp3) is 0.647. The van der Waals surface area contributed by atoms with Crippen molar-refractivity contribution in [1.82, 2.24) is 5.32 Å². The number of thioether (sulfide) groups is 1. The standard InChI is InChI=1S/C34H54N2O4SSi/c1-12-13-14-15-24-19-27(37)30(26-18-22(4)16-17-25(26)21(2)3)28(20-24)39-33(35-9)41-32-29(31(38)36-32)23(5)40-42(10,11)34(6,7)8/h18-20,23,25-26,29,32,37H,2,12-17H2,1,3-11H3,(H,36,38)/t23-,25+,26-,29+,32-/m1/s1. The number of hydrogen-bond donors (Lipinski definition) is 2. The Kier molecular flexibility index (Phi) is 11.6. The average Bonchev–Trinajstić information content (AvgIpc) is 2.86. The summed E-state index contributed by atoms with van der Waals surface area (Å²) in [5.74, 6) is 0.767. The van der Waals surface area contributed by atoms with E-state index in [0.29, 0.717) is 11.0 Å². The van der Waals surface area contributed by atoms with Crippen molar-refractivity contribution < 1.29 is 19.1 Å². The van der Waals surface area contributed by atoms with E-state index < -0.39 is 8.32 Å². The zero-order valence-electron chi connectivity index (χ0n) is 27.6. The van der Waals surface area contributed by atoms with Crippen LogP contribution in [-0.2, 0) is 15.6 Å². The molecule has 1 fully saturated rings. The van der Waals surface area contributed by atoms with Crippen LogP contribution in [0.3, 0.4) is 0 Å². The van der Waals surface area contributed by atoms with Crippen molar-refractivity contribution in [3.63, 3.8) is 0 Å². The number of aromatic hydroxyl groups is 1. The highest BCUT2D eigenvalue weighted by Gasteiger charge is 2.48. The maximum absolute atomic E-state index is 12.7. The van der Waals surface area contributed by atoms with Crippen molar-refractivity contribution in [2.45, 2.75) is 123 Å². The Morgan fingerprint density at radius 3 is 2.55 bits per heavy atom. The van der Waals surface area contributed by atoms with E-state index in [1.54, 1.807) is 7.05 Å². The quantitative estimate of drug-likeness (QED) is 0.0651. The van der Waals surface area contributed by atoms with Gasteiger partial charge in [-0.05, 0) is 100.0 Å². The van der Waals surface area contributed by atoms with Crippen molar-refractivity contribution >= 4 is 31.2 Å². The summed E-state index contributed by atoms with van der Waals surface area (Å²) in [6.07, 6.45) is 8.25. The van der Waals surface area contributed by atoms with Gasteiger partial charge in [0.2, 0.25) is 5.91 Å². The van der Waals surface area contributed by atoms with E-state index in [4.69, 9.17) is 9.16 Å². The topological polar surface area (TPSA) is 80.2 Å². The third kappa shape index (κ3) is 8.11. The number of nitrogens with zero attached hydrogens (tertiary/aromatic N) is 1. The molecule has 234 valence electrons. The van der Waals surface area contributed by atoms with Gasteiger partial charge in [0.1, 0.15) is 11.5 Å². The fourth-order valence-electron chi connectivity index (χ4n) is 5.69. The molecule has 0 radical (unpaired) electrons. The lowest BCUT2D eigenvalue weighted by Crippen LogP contribution is -2.62. The van der Waals surface area contributed by atoms with Crippen LogP contribution in [0.25, 0.3) is 0 Å². The molecule has 2 N–H and O–H groups in total. The molecule has 1 saturated heterocycles. The maximum atomic E-state index is 12.7.